The number of hydrogen-bond donors (Lipinski definition) is 2. The number of aromatic hydroxyl groups is 1. The van der Waals surface area contributed by atoms with Gasteiger partial charge in [-0.2, -0.15) is 5.10 Å². The lowest BCUT2D eigenvalue weighted by Crippen LogP contribution is -1.85. The molecule has 3 aromatic rings. The zero-order valence-corrected chi connectivity index (χ0v) is 11.7. The van der Waals surface area contributed by atoms with E-state index in [1.54, 1.807) is 30.1 Å². The van der Waals surface area contributed by atoms with Crippen LogP contribution in [-0.2, 0) is 0 Å². The third kappa shape index (κ3) is 2.28. The smallest absolute Gasteiger partial charge is 0.125 e. The number of thioether (sulfide) groups is 1. The fraction of sp³-hybridized carbons (Fsp3) is 0.0667. The molecule has 0 aliphatic carbocycles. The maximum Gasteiger partial charge on any atom is 0.125 e. The van der Waals surface area contributed by atoms with Gasteiger partial charge in [0.2, 0.25) is 0 Å². The van der Waals surface area contributed by atoms with E-state index in [2.05, 4.69) is 15.2 Å². The monoisotopic (exact) mass is 283 g/mol. The molecule has 0 bridgehead atoms. The summed E-state index contributed by atoms with van der Waals surface area (Å²) in [6.07, 6.45) is 3.77. The van der Waals surface area contributed by atoms with Gasteiger partial charge in [0.1, 0.15) is 10.8 Å². The minimum Gasteiger partial charge on any atom is -0.507 e. The van der Waals surface area contributed by atoms with E-state index in [0.29, 0.717) is 11.3 Å². The number of nitrogens with one attached hydrogen (secondary N) is 1. The first-order valence-electron chi connectivity index (χ1n) is 6.13. The second kappa shape index (κ2) is 5.38. The molecule has 2 N–H and O–H groups in total. The minimum absolute atomic E-state index is 0.224. The largest absolute Gasteiger partial charge is 0.507 e. The number of para-hydroxylation sites is 1. The molecule has 20 heavy (non-hydrogen) atoms. The molecule has 0 fully saturated rings. The van der Waals surface area contributed by atoms with Crippen molar-refractivity contribution in [2.75, 3.05) is 6.26 Å². The van der Waals surface area contributed by atoms with Gasteiger partial charge in [0.25, 0.3) is 0 Å². The predicted octanol–water partition coefficient (Wildman–Crippen LogP) is 3.57. The summed E-state index contributed by atoms with van der Waals surface area (Å²) in [4.78, 5) is 4.34. The number of benzene rings is 1. The first-order valence-corrected chi connectivity index (χ1v) is 7.35. The van der Waals surface area contributed by atoms with Crippen LogP contribution >= 0.6 is 11.8 Å². The molecular weight excluding hydrogens is 270 g/mol. The van der Waals surface area contributed by atoms with Crippen molar-refractivity contribution >= 4 is 11.8 Å². The van der Waals surface area contributed by atoms with Crippen LogP contribution in [0.25, 0.3) is 22.5 Å². The Bertz CT molecular complexity index is 739. The van der Waals surface area contributed by atoms with Crippen LogP contribution < -0.4 is 0 Å². The SMILES string of the molecule is CSc1ncccc1-c1cc(-c2ccccc2O)n[nH]1. The molecule has 0 saturated carbocycles. The van der Waals surface area contributed by atoms with Gasteiger partial charge in [-0.15, -0.1) is 11.8 Å². The lowest BCUT2D eigenvalue weighted by atomic mass is 10.1. The van der Waals surface area contributed by atoms with E-state index in [4.69, 9.17) is 0 Å². The average Bonchev–Trinajstić information content (AvgIpc) is 2.97. The molecule has 0 radical (unpaired) electrons. The van der Waals surface area contributed by atoms with Crippen LogP contribution in [0.3, 0.4) is 0 Å². The number of rotatable bonds is 3. The summed E-state index contributed by atoms with van der Waals surface area (Å²) in [7, 11) is 0. The van der Waals surface area contributed by atoms with E-state index in [-0.39, 0.29) is 5.75 Å². The van der Waals surface area contributed by atoms with E-state index >= 15 is 0 Å². The van der Waals surface area contributed by atoms with Crippen LogP contribution in [0.4, 0.5) is 0 Å². The first kappa shape index (κ1) is 12.7. The molecule has 0 unspecified atom stereocenters. The highest BCUT2D eigenvalue weighted by Gasteiger charge is 2.11. The number of pyridine rings is 1. The molecule has 100 valence electrons. The molecule has 2 aromatic heterocycles. The van der Waals surface area contributed by atoms with Crippen molar-refractivity contribution in [3.8, 4) is 28.3 Å². The van der Waals surface area contributed by atoms with Gasteiger partial charge in [-0.1, -0.05) is 12.1 Å². The van der Waals surface area contributed by atoms with Crippen LogP contribution in [0.5, 0.6) is 5.75 Å². The number of H-pyrrole nitrogens is 1. The highest BCUT2D eigenvalue weighted by molar-refractivity contribution is 7.98. The van der Waals surface area contributed by atoms with Crippen molar-refractivity contribution in [2.24, 2.45) is 0 Å². The van der Waals surface area contributed by atoms with Gasteiger partial charge in [0.15, 0.2) is 0 Å². The first-order chi connectivity index (χ1) is 9.79. The van der Waals surface area contributed by atoms with Crippen LogP contribution in [0.1, 0.15) is 0 Å². The Kier molecular flexibility index (Phi) is 3.43. The molecule has 2 heterocycles. The van der Waals surface area contributed by atoms with Crippen molar-refractivity contribution in [3.05, 3.63) is 48.7 Å². The minimum atomic E-state index is 0.224. The summed E-state index contributed by atoms with van der Waals surface area (Å²) < 4.78 is 0. The number of phenols is 1. The zero-order valence-electron chi connectivity index (χ0n) is 10.9. The molecule has 5 heteroatoms. The Labute approximate surface area is 120 Å². The number of aromatic nitrogens is 3. The average molecular weight is 283 g/mol. The topological polar surface area (TPSA) is 61.8 Å². The van der Waals surface area contributed by atoms with Gasteiger partial charge in [-0.05, 0) is 36.6 Å². The van der Waals surface area contributed by atoms with E-state index < -0.39 is 0 Å². The highest BCUT2D eigenvalue weighted by atomic mass is 32.2. The molecule has 0 spiro atoms. The zero-order chi connectivity index (χ0) is 13.9. The summed E-state index contributed by atoms with van der Waals surface area (Å²) in [5.74, 6) is 0.224. The summed E-state index contributed by atoms with van der Waals surface area (Å²) in [6, 6.07) is 13.0. The fourth-order valence-electron chi connectivity index (χ4n) is 2.05. The summed E-state index contributed by atoms with van der Waals surface area (Å²) >= 11 is 1.59. The van der Waals surface area contributed by atoms with E-state index in [1.165, 1.54) is 0 Å². The Morgan fingerprint density at radius 3 is 2.70 bits per heavy atom. The predicted molar refractivity (Wildman–Crippen MR) is 80.7 cm³/mol. The second-order valence-corrected chi connectivity index (χ2v) is 5.04. The molecule has 0 amide bonds. The number of aromatic amines is 1. The molecule has 0 aliphatic heterocycles. The second-order valence-electron chi connectivity index (χ2n) is 4.24. The molecule has 0 atom stereocenters. The molecular formula is C15H13N3OS. The van der Waals surface area contributed by atoms with Gasteiger partial charge in [-0.3, -0.25) is 5.10 Å². The van der Waals surface area contributed by atoms with Gasteiger partial charge in [0.05, 0.1) is 11.4 Å². The van der Waals surface area contributed by atoms with Crippen molar-refractivity contribution in [2.45, 2.75) is 5.03 Å². The molecule has 3 rings (SSSR count). The van der Waals surface area contributed by atoms with Gasteiger partial charge in [0, 0.05) is 17.3 Å². The third-order valence-electron chi connectivity index (χ3n) is 3.01. The Morgan fingerprint density at radius 2 is 1.90 bits per heavy atom. The standard InChI is InChI=1S/C15H13N3OS/c1-20-15-11(6-4-8-16-15)13-9-12(17-18-13)10-5-2-3-7-14(10)19/h2-9,19H,1H3,(H,17,18). The Hall–Kier alpha value is -2.27. The summed E-state index contributed by atoms with van der Waals surface area (Å²) in [5.41, 5.74) is 3.33. The van der Waals surface area contributed by atoms with Crippen molar-refractivity contribution in [3.63, 3.8) is 0 Å². The van der Waals surface area contributed by atoms with Crippen LogP contribution in [-0.4, -0.2) is 26.5 Å². The van der Waals surface area contributed by atoms with Crippen LogP contribution in [0, 0.1) is 0 Å². The normalized spacial score (nSPS) is 10.7. The van der Waals surface area contributed by atoms with Crippen molar-refractivity contribution in [1.29, 1.82) is 0 Å². The number of hydrogen-bond acceptors (Lipinski definition) is 4. The van der Waals surface area contributed by atoms with Crippen molar-refractivity contribution < 1.29 is 5.11 Å². The maximum atomic E-state index is 9.87. The van der Waals surface area contributed by atoms with E-state index in [1.807, 2.05) is 36.6 Å². The lowest BCUT2D eigenvalue weighted by molar-refractivity contribution is 0.477. The summed E-state index contributed by atoms with van der Waals surface area (Å²) in [5, 5.41) is 18.1. The van der Waals surface area contributed by atoms with E-state index in [9.17, 15) is 5.11 Å². The quantitative estimate of drug-likeness (QED) is 0.721. The molecule has 0 aliphatic rings. The Morgan fingerprint density at radius 1 is 1.10 bits per heavy atom. The van der Waals surface area contributed by atoms with Crippen LogP contribution in [0.15, 0.2) is 53.7 Å². The van der Waals surface area contributed by atoms with Gasteiger partial charge < -0.3 is 5.11 Å². The third-order valence-corrected chi connectivity index (χ3v) is 3.72. The molecule has 1 aromatic carbocycles. The Balaban J connectivity index is 2.05. The fourth-order valence-corrected chi connectivity index (χ4v) is 2.61. The number of nitrogens with zero attached hydrogens (tertiary/aromatic N) is 2. The molecule has 4 nitrogen and oxygen atoms in total. The highest BCUT2D eigenvalue weighted by Crippen LogP contribution is 2.32. The van der Waals surface area contributed by atoms with Gasteiger partial charge in [-0.25, -0.2) is 4.98 Å². The summed E-state index contributed by atoms with van der Waals surface area (Å²) in [6.45, 7) is 0. The number of phenolic OH excluding ortho intramolecular Hbond substituents is 1. The van der Waals surface area contributed by atoms with Crippen molar-refractivity contribution in [1.82, 2.24) is 15.2 Å². The molecule has 0 saturated heterocycles. The van der Waals surface area contributed by atoms with Gasteiger partial charge >= 0.3 is 0 Å². The van der Waals surface area contributed by atoms with E-state index in [0.717, 1.165) is 16.3 Å². The maximum absolute atomic E-state index is 9.87. The lowest BCUT2D eigenvalue weighted by Gasteiger charge is -2.02. The van der Waals surface area contributed by atoms with Crippen LogP contribution in [0.2, 0.25) is 0 Å².